The van der Waals surface area contributed by atoms with E-state index >= 15 is 0 Å². The molecule has 6 N–H and O–H groups in total. The Morgan fingerprint density at radius 2 is 0.864 bits per heavy atom. The van der Waals surface area contributed by atoms with E-state index in [4.69, 9.17) is 10.2 Å². The van der Waals surface area contributed by atoms with Crippen LogP contribution in [0.25, 0.3) is 0 Å². The molecular weight excluding hydrogens is 288 g/mol. The average molecular weight is 318 g/mol. The van der Waals surface area contributed by atoms with Gasteiger partial charge in [0.25, 0.3) is 0 Å². The summed E-state index contributed by atoms with van der Waals surface area (Å²) in [5, 5.41) is 29.6. The van der Waals surface area contributed by atoms with Gasteiger partial charge in [-0.15, -0.1) is 0 Å². The van der Waals surface area contributed by atoms with Crippen molar-refractivity contribution in [3.63, 3.8) is 0 Å². The molecule has 0 saturated heterocycles. The van der Waals surface area contributed by atoms with Crippen LogP contribution in [0.2, 0.25) is 0 Å². The van der Waals surface area contributed by atoms with Crippen molar-refractivity contribution in [2.75, 3.05) is 52.4 Å². The van der Waals surface area contributed by atoms with Gasteiger partial charge in [0.15, 0.2) is 0 Å². The van der Waals surface area contributed by atoms with Crippen LogP contribution in [0.3, 0.4) is 0 Å². The molecule has 0 spiro atoms. The summed E-state index contributed by atoms with van der Waals surface area (Å²) in [6.07, 6.45) is 2.51. The van der Waals surface area contributed by atoms with E-state index in [2.05, 4.69) is 21.3 Å². The highest BCUT2D eigenvalue weighted by Gasteiger charge is 1.96. The summed E-state index contributed by atoms with van der Waals surface area (Å²) in [6, 6.07) is 0. The van der Waals surface area contributed by atoms with E-state index in [1.54, 1.807) is 0 Å². The minimum Gasteiger partial charge on any atom is -0.481 e. The van der Waals surface area contributed by atoms with Crippen LogP contribution in [0.4, 0.5) is 0 Å². The Morgan fingerprint density at radius 3 is 1.18 bits per heavy atom. The van der Waals surface area contributed by atoms with Crippen molar-refractivity contribution in [1.29, 1.82) is 0 Å². The first-order valence-corrected chi connectivity index (χ1v) is 7.89. The van der Waals surface area contributed by atoms with Crippen molar-refractivity contribution < 1.29 is 19.8 Å². The Morgan fingerprint density at radius 1 is 0.545 bits per heavy atom. The summed E-state index contributed by atoms with van der Waals surface area (Å²) < 4.78 is 0. The van der Waals surface area contributed by atoms with Crippen molar-refractivity contribution >= 4 is 11.9 Å². The van der Waals surface area contributed by atoms with Crippen LogP contribution in [-0.2, 0) is 9.59 Å². The van der Waals surface area contributed by atoms with Crippen molar-refractivity contribution in [3.05, 3.63) is 0 Å². The van der Waals surface area contributed by atoms with Gasteiger partial charge in [-0.25, -0.2) is 0 Å². The molecule has 8 heteroatoms. The van der Waals surface area contributed by atoms with E-state index in [1.165, 1.54) is 0 Å². The van der Waals surface area contributed by atoms with Crippen molar-refractivity contribution in [3.8, 4) is 0 Å². The monoisotopic (exact) mass is 318 g/mol. The van der Waals surface area contributed by atoms with Gasteiger partial charge in [-0.1, -0.05) is 0 Å². The summed E-state index contributed by atoms with van der Waals surface area (Å²) in [5.41, 5.74) is 0. The molecule has 0 aliphatic carbocycles. The van der Waals surface area contributed by atoms with E-state index < -0.39 is 11.9 Å². The van der Waals surface area contributed by atoms with Gasteiger partial charge in [0.1, 0.15) is 0 Å². The topological polar surface area (TPSA) is 123 Å². The standard InChI is InChI=1S/C14H30N4O4/c19-13(20)3-7-17-11-9-15-5-1-2-6-16-10-12-18-8-4-14(21)22/h15-18H,1-12H2,(H,19,20)(H,21,22). The summed E-state index contributed by atoms with van der Waals surface area (Å²) in [5.74, 6) is -1.55. The predicted molar refractivity (Wildman–Crippen MR) is 85.2 cm³/mol. The number of unbranched alkanes of at least 4 members (excludes halogenated alkanes) is 1. The fourth-order valence-corrected chi connectivity index (χ4v) is 1.74. The van der Waals surface area contributed by atoms with Gasteiger partial charge in [0, 0.05) is 39.3 Å². The highest BCUT2D eigenvalue weighted by molar-refractivity contribution is 5.67. The number of aliphatic carboxylic acids is 2. The van der Waals surface area contributed by atoms with Crippen LogP contribution < -0.4 is 21.3 Å². The molecule has 0 aliphatic heterocycles. The third-order valence-corrected chi connectivity index (χ3v) is 2.95. The Hall–Kier alpha value is -1.22. The predicted octanol–water partition coefficient (Wildman–Crippen LogP) is -0.926. The summed E-state index contributed by atoms with van der Waals surface area (Å²) in [6.45, 7) is 6.21. The van der Waals surface area contributed by atoms with E-state index in [0.29, 0.717) is 13.1 Å². The molecule has 0 bridgehead atoms. The fourth-order valence-electron chi connectivity index (χ4n) is 1.74. The van der Waals surface area contributed by atoms with Gasteiger partial charge >= 0.3 is 11.9 Å². The molecule has 0 aromatic carbocycles. The average Bonchev–Trinajstić information content (AvgIpc) is 2.46. The molecule has 22 heavy (non-hydrogen) atoms. The van der Waals surface area contributed by atoms with Crippen molar-refractivity contribution in [2.45, 2.75) is 25.7 Å². The number of rotatable bonds is 17. The SMILES string of the molecule is O=C(O)CCNCCNCCCCNCCNCCC(=O)O. The van der Waals surface area contributed by atoms with Gasteiger partial charge in [-0.3, -0.25) is 9.59 Å². The Kier molecular flexibility index (Phi) is 15.3. The lowest BCUT2D eigenvalue weighted by molar-refractivity contribution is -0.137. The lowest BCUT2D eigenvalue weighted by Gasteiger charge is -2.07. The number of hydrogen-bond donors (Lipinski definition) is 6. The lowest BCUT2D eigenvalue weighted by Crippen LogP contribution is -2.30. The molecule has 0 aliphatic rings. The lowest BCUT2D eigenvalue weighted by atomic mass is 10.3. The van der Waals surface area contributed by atoms with E-state index in [-0.39, 0.29) is 12.8 Å². The van der Waals surface area contributed by atoms with Gasteiger partial charge in [-0.2, -0.15) is 0 Å². The third kappa shape index (κ3) is 18.8. The van der Waals surface area contributed by atoms with E-state index in [1.807, 2.05) is 0 Å². The number of nitrogens with one attached hydrogen (secondary N) is 4. The van der Waals surface area contributed by atoms with Crippen molar-refractivity contribution in [2.24, 2.45) is 0 Å². The Bertz CT molecular complexity index is 262. The summed E-state index contributed by atoms with van der Waals surface area (Å²) in [7, 11) is 0. The first-order valence-electron chi connectivity index (χ1n) is 7.89. The minimum absolute atomic E-state index is 0.164. The fraction of sp³-hybridized carbons (Fsp3) is 0.857. The van der Waals surface area contributed by atoms with Crippen LogP contribution in [-0.4, -0.2) is 74.5 Å². The second kappa shape index (κ2) is 16.2. The zero-order valence-corrected chi connectivity index (χ0v) is 13.2. The highest BCUT2D eigenvalue weighted by atomic mass is 16.4. The van der Waals surface area contributed by atoms with Crippen LogP contribution >= 0.6 is 0 Å². The van der Waals surface area contributed by atoms with Crippen LogP contribution in [0.5, 0.6) is 0 Å². The minimum atomic E-state index is -0.773. The van der Waals surface area contributed by atoms with Crippen LogP contribution in [0.15, 0.2) is 0 Å². The molecule has 0 unspecified atom stereocenters. The molecule has 0 radical (unpaired) electrons. The summed E-state index contributed by atoms with van der Waals surface area (Å²) >= 11 is 0. The van der Waals surface area contributed by atoms with Gasteiger partial charge in [0.2, 0.25) is 0 Å². The second-order valence-electron chi connectivity index (χ2n) is 4.99. The molecule has 0 amide bonds. The van der Waals surface area contributed by atoms with Crippen LogP contribution in [0.1, 0.15) is 25.7 Å². The molecule has 0 fully saturated rings. The molecule has 0 aromatic heterocycles. The second-order valence-corrected chi connectivity index (χ2v) is 4.99. The molecule has 8 nitrogen and oxygen atoms in total. The zero-order valence-electron chi connectivity index (χ0n) is 13.2. The Balaban J connectivity index is 2.99. The maximum absolute atomic E-state index is 10.3. The largest absolute Gasteiger partial charge is 0.481 e. The molecular formula is C14H30N4O4. The first kappa shape index (κ1) is 20.8. The number of hydrogen-bond acceptors (Lipinski definition) is 6. The maximum Gasteiger partial charge on any atom is 0.304 e. The normalized spacial score (nSPS) is 10.7. The number of carboxylic acids is 2. The molecule has 0 heterocycles. The van der Waals surface area contributed by atoms with Gasteiger partial charge in [-0.05, 0) is 25.9 Å². The Labute approximate surface area is 132 Å². The molecule has 0 saturated carbocycles. The van der Waals surface area contributed by atoms with E-state index in [0.717, 1.165) is 52.1 Å². The van der Waals surface area contributed by atoms with Gasteiger partial charge in [0.05, 0.1) is 12.8 Å². The first-order chi connectivity index (χ1) is 10.6. The smallest absolute Gasteiger partial charge is 0.304 e. The number of carbonyl (C=O) groups is 2. The highest BCUT2D eigenvalue weighted by Crippen LogP contribution is 1.84. The van der Waals surface area contributed by atoms with Gasteiger partial charge < -0.3 is 31.5 Å². The van der Waals surface area contributed by atoms with Crippen molar-refractivity contribution in [1.82, 2.24) is 21.3 Å². The van der Waals surface area contributed by atoms with Crippen LogP contribution in [0, 0.1) is 0 Å². The molecule has 0 atom stereocenters. The molecule has 0 aromatic rings. The zero-order chi connectivity index (χ0) is 16.5. The maximum atomic E-state index is 10.3. The van der Waals surface area contributed by atoms with E-state index in [9.17, 15) is 9.59 Å². The third-order valence-electron chi connectivity index (χ3n) is 2.95. The molecule has 0 rings (SSSR count). The molecule has 130 valence electrons. The number of carboxylic acid groups (broad SMARTS) is 2. The summed E-state index contributed by atoms with van der Waals surface area (Å²) in [4.78, 5) is 20.5. The quantitative estimate of drug-likeness (QED) is 0.190.